The molecule has 1 N–H and O–H groups in total. The summed E-state index contributed by atoms with van der Waals surface area (Å²) < 4.78 is 5.70. The first-order valence-electron chi connectivity index (χ1n) is 14.2. The van der Waals surface area contributed by atoms with Gasteiger partial charge < -0.3 is 9.84 Å². The van der Waals surface area contributed by atoms with Crippen LogP contribution >= 0.6 is 0 Å². The summed E-state index contributed by atoms with van der Waals surface area (Å²) in [6.45, 7) is 4.34. The molecule has 0 aromatic carbocycles. The van der Waals surface area contributed by atoms with Crippen molar-refractivity contribution in [3.63, 3.8) is 0 Å². The molecule has 0 rings (SSSR count). The Morgan fingerprint density at radius 3 is 1.70 bits per heavy atom. The number of carbonyl (C=O) groups excluding carboxylic acids is 1. The van der Waals surface area contributed by atoms with Crippen molar-refractivity contribution in [2.75, 3.05) is 0 Å². The molecule has 0 bridgehead atoms. The van der Waals surface area contributed by atoms with Gasteiger partial charge in [-0.05, 0) is 51.4 Å². The highest BCUT2D eigenvalue weighted by Crippen LogP contribution is 2.15. The number of carboxylic acid groups (broad SMARTS) is 1. The van der Waals surface area contributed by atoms with E-state index in [4.69, 9.17) is 9.84 Å². The van der Waals surface area contributed by atoms with Crippen LogP contribution in [0.25, 0.3) is 0 Å². The van der Waals surface area contributed by atoms with Crippen molar-refractivity contribution in [3.8, 4) is 0 Å². The number of aliphatic carboxylic acids is 1. The lowest BCUT2D eigenvalue weighted by Crippen LogP contribution is -2.17. The van der Waals surface area contributed by atoms with Gasteiger partial charge in [-0.3, -0.25) is 9.59 Å². The van der Waals surface area contributed by atoms with Crippen LogP contribution in [0.1, 0.15) is 155 Å². The number of rotatable bonds is 25. The van der Waals surface area contributed by atoms with Gasteiger partial charge in [-0.1, -0.05) is 103 Å². The monoisotopic (exact) mass is 466 g/mol. The summed E-state index contributed by atoms with van der Waals surface area (Å²) in [4.78, 5) is 22.6. The van der Waals surface area contributed by atoms with E-state index in [9.17, 15) is 9.59 Å². The SMILES string of the molecule is CCCC/C=C\CCCCCCCCC(=O)OC(CC)CCCCCCCCCCC(=O)O. The highest BCUT2D eigenvalue weighted by Gasteiger charge is 2.12. The fraction of sp³-hybridized carbons (Fsp3) is 0.862. The smallest absolute Gasteiger partial charge is 0.306 e. The maximum Gasteiger partial charge on any atom is 0.306 e. The lowest BCUT2D eigenvalue weighted by molar-refractivity contribution is -0.149. The summed E-state index contributed by atoms with van der Waals surface area (Å²) in [5.74, 6) is -0.700. The van der Waals surface area contributed by atoms with E-state index in [1.807, 2.05) is 0 Å². The van der Waals surface area contributed by atoms with E-state index in [0.717, 1.165) is 51.4 Å². The van der Waals surface area contributed by atoms with Gasteiger partial charge in [0, 0.05) is 12.8 Å². The molecule has 0 saturated carbocycles. The standard InChI is InChI=1S/C29H54O4/c1-3-5-6-7-8-9-10-11-12-17-20-23-26-29(32)33-27(4-2)24-21-18-15-13-14-16-19-22-25-28(30)31/h7-8,27H,3-6,9-26H2,1-2H3,(H,30,31)/b8-7-. The number of hydrogen-bond donors (Lipinski definition) is 1. The molecular weight excluding hydrogens is 412 g/mol. The summed E-state index contributed by atoms with van der Waals surface area (Å²) in [5.41, 5.74) is 0. The third-order valence-electron chi connectivity index (χ3n) is 6.31. The molecule has 0 aliphatic heterocycles. The van der Waals surface area contributed by atoms with Crippen LogP contribution in [0.15, 0.2) is 12.2 Å². The van der Waals surface area contributed by atoms with E-state index >= 15 is 0 Å². The molecule has 33 heavy (non-hydrogen) atoms. The fourth-order valence-electron chi connectivity index (χ4n) is 4.10. The van der Waals surface area contributed by atoms with Gasteiger partial charge in [0.25, 0.3) is 0 Å². The highest BCUT2D eigenvalue weighted by atomic mass is 16.5. The number of carbonyl (C=O) groups is 2. The molecule has 0 radical (unpaired) electrons. The van der Waals surface area contributed by atoms with Crippen molar-refractivity contribution >= 4 is 11.9 Å². The normalized spacial score (nSPS) is 12.3. The van der Waals surface area contributed by atoms with Gasteiger partial charge in [-0.25, -0.2) is 0 Å². The molecule has 0 aromatic heterocycles. The van der Waals surface area contributed by atoms with Gasteiger partial charge in [-0.15, -0.1) is 0 Å². The third-order valence-corrected chi connectivity index (χ3v) is 6.31. The Kier molecular flexibility index (Phi) is 24.3. The largest absolute Gasteiger partial charge is 0.481 e. The lowest BCUT2D eigenvalue weighted by atomic mass is 10.0. The minimum atomic E-state index is -0.687. The average Bonchev–Trinajstić information content (AvgIpc) is 2.80. The summed E-state index contributed by atoms with van der Waals surface area (Å²) in [7, 11) is 0. The Labute approximate surface area is 204 Å². The zero-order valence-electron chi connectivity index (χ0n) is 22.0. The van der Waals surface area contributed by atoms with Gasteiger partial charge in [0.15, 0.2) is 0 Å². The van der Waals surface area contributed by atoms with Gasteiger partial charge in [-0.2, -0.15) is 0 Å². The van der Waals surface area contributed by atoms with Gasteiger partial charge >= 0.3 is 11.9 Å². The van der Waals surface area contributed by atoms with Gasteiger partial charge in [0.05, 0.1) is 0 Å². The van der Waals surface area contributed by atoms with Gasteiger partial charge in [0.1, 0.15) is 6.10 Å². The van der Waals surface area contributed by atoms with Crippen LogP contribution < -0.4 is 0 Å². The third kappa shape index (κ3) is 25.1. The number of ether oxygens (including phenoxy) is 1. The Hall–Kier alpha value is -1.32. The molecular formula is C29H54O4. The molecule has 0 fully saturated rings. The van der Waals surface area contributed by atoms with Crippen LogP contribution in [0.4, 0.5) is 0 Å². The highest BCUT2D eigenvalue weighted by molar-refractivity contribution is 5.69. The maximum atomic E-state index is 12.1. The molecule has 194 valence electrons. The fourth-order valence-corrected chi connectivity index (χ4v) is 4.10. The molecule has 1 atom stereocenters. The van der Waals surface area contributed by atoms with E-state index in [0.29, 0.717) is 12.8 Å². The van der Waals surface area contributed by atoms with Crippen molar-refractivity contribution in [2.24, 2.45) is 0 Å². The minimum absolute atomic E-state index is 0.0135. The van der Waals surface area contributed by atoms with Crippen LogP contribution in [-0.4, -0.2) is 23.1 Å². The molecule has 0 aliphatic carbocycles. The van der Waals surface area contributed by atoms with Gasteiger partial charge in [0.2, 0.25) is 0 Å². The van der Waals surface area contributed by atoms with Crippen LogP contribution in [0.3, 0.4) is 0 Å². The topological polar surface area (TPSA) is 63.6 Å². The van der Waals surface area contributed by atoms with E-state index in [1.165, 1.54) is 77.0 Å². The summed E-state index contributed by atoms with van der Waals surface area (Å²) >= 11 is 0. The number of allylic oxidation sites excluding steroid dienone is 2. The second-order valence-electron chi connectivity index (χ2n) is 9.55. The Bertz CT molecular complexity index is 472. The molecule has 1 unspecified atom stereocenters. The minimum Gasteiger partial charge on any atom is -0.481 e. The lowest BCUT2D eigenvalue weighted by Gasteiger charge is -2.16. The van der Waals surface area contributed by atoms with E-state index < -0.39 is 5.97 Å². The summed E-state index contributed by atoms with van der Waals surface area (Å²) in [5, 5.41) is 8.62. The second-order valence-corrected chi connectivity index (χ2v) is 9.55. The van der Waals surface area contributed by atoms with E-state index in [1.54, 1.807) is 0 Å². The molecule has 0 saturated heterocycles. The first-order valence-corrected chi connectivity index (χ1v) is 14.2. The average molecular weight is 467 g/mol. The molecule has 4 nitrogen and oxygen atoms in total. The Morgan fingerprint density at radius 1 is 0.667 bits per heavy atom. The first-order chi connectivity index (χ1) is 16.1. The van der Waals surface area contributed by atoms with E-state index in [-0.39, 0.29) is 12.1 Å². The Morgan fingerprint density at radius 2 is 1.15 bits per heavy atom. The quantitative estimate of drug-likeness (QED) is 0.0827. The predicted molar refractivity (Wildman–Crippen MR) is 140 cm³/mol. The molecule has 0 aliphatic rings. The van der Waals surface area contributed by atoms with Crippen molar-refractivity contribution in [2.45, 2.75) is 161 Å². The van der Waals surface area contributed by atoms with Crippen LogP contribution in [-0.2, 0) is 14.3 Å². The number of unbranched alkanes of at least 4 members (excludes halogenated alkanes) is 15. The molecule has 0 amide bonds. The van der Waals surface area contributed by atoms with Crippen molar-refractivity contribution in [3.05, 3.63) is 12.2 Å². The predicted octanol–water partition coefficient (Wildman–Crippen LogP) is 9.16. The van der Waals surface area contributed by atoms with Crippen LogP contribution in [0.5, 0.6) is 0 Å². The Balaban J connectivity index is 3.49. The number of carboxylic acids is 1. The maximum absolute atomic E-state index is 12.1. The van der Waals surface area contributed by atoms with Crippen molar-refractivity contribution in [1.82, 2.24) is 0 Å². The molecule has 0 heterocycles. The summed E-state index contributed by atoms with van der Waals surface area (Å²) in [6, 6.07) is 0. The second kappa shape index (κ2) is 25.3. The van der Waals surface area contributed by atoms with Crippen LogP contribution in [0.2, 0.25) is 0 Å². The van der Waals surface area contributed by atoms with Crippen molar-refractivity contribution in [1.29, 1.82) is 0 Å². The zero-order valence-corrected chi connectivity index (χ0v) is 22.0. The number of hydrogen-bond acceptors (Lipinski definition) is 3. The van der Waals surface area contributed by atoms with E-state index in [2.05, 4.69) is 26.0 Å². The number of esters is 1. The summed E-state index contributed by atoms with van der Waals surface area (Å²) in [6.07, 6.45) is 28.6. The first kappa shape index (κ1) is 31.7. The van der Waals surface area contributed by atoms with Crippen LogP contribution in [0, 0.1) is 0 Å². The molecule has 0 spiro atoms. The van der Waals surface area contributed by atoms with Crippen molar-refractivity contribution < 1.29 is 19.4 Å². The molecule has 4 heteroatoms. The zero-order chi connectivity index (χ0) is 24.4. The molecule has 0 aromatic rings.